The molecule has 5 rings (SSSR count). The van der Waals surface area contributed by atoms with Crippen LogP contribution in [0.15, 0.2) is 18.2 Å². The molecule has 1 aromatic heterocycles. The molecule has 3 fully saturated rings. The van der Waals surface area contributed by atoms with Gasteiger partial charge in [-0.1, -0.05) is 38.2 Å². The second-order valence-electron chi connectivity index (χ2n) is 11.6. The maximum absolute atomic E-state index is 13.9. The fourth-order valence-corrected chi connectivity index (χ4v) is 7.26. The lowest BCUT2D eigenvalue weighted by molar-refractivity contribution is -0.143. The Balaban J connectivity index is 0.00000353. The van der Waals surface area contributed by atoms with Gasteiger partial charge in [-0.05, 0) is 67.6 Å². The Morgan fingerprint density at radius 2 is 1.79 bits per heavy atom. The van der Waals surface area contributed by atoms with Crippen LogP contribution < -0.4 is 5.73 Å². The number of amides is 1. The molecule has 3 aliphatic rings. The molecule has 0 spiro atoms. The Kier molecular flexibility index (Phi) is 9.64. The van der Waals surface area contributed by atoms with E-state index in [9.17, 15) is 23.9 Å². The van der Waals surface area contributed by atoms with Crippen molar-refractivity contribution in [2.24, 2.45) is 29.4 Å². The predicted octanol–water partition coefficient (Wildman–Crippen LogP) is 4.70. The maximum atomic E-state index is 13.9. The van der Waals surface area contributed by atoms with E-state index in [-0.39, 0.29) is 54.1 Å². The Bertz CT molecular complexity index is 1180. The molecular weight excluding hydrogens is 523 g/mol. The van der Waals surface area contributed by atoms with Crippen LogP contribution in [-0.2, 0) is 16.0 Å². The van der Waals surface area contributed by atoms with E-state index in [4.69, 9.17) is 5.73 Å². The minimum atomic E-state index is -1.13. The number of Topliss-reactive ketones (excluding diaryl/α,β-unsaturated/α-hetero) is 1. The lowest BCUT2D eigenvalue weighted by Crippen LogP contribution is -2.48. The number of fused-ring (bicyclic) bond motifs is 1. The molecule has 1 saturated heterocycles. The molecule has 1 aliphatic heterocycles. The molecule has 2 saturated carbocycles. The molecule has 2 aromatic rings. The number of alkyl halides is 1. The number of carbonyl (C=O) groups is 3. The monoisotopic (exact) mass is 562 g/mol. The third-order valence-corrected chi connectivity index (χ3v) is 9.34. The van der Waals surface area contributed by atoms with Gasteiger partial charge in [0, 0.05) is 24.9 Å². The van der Waals surface area contributed by atoms with Crippen molar-refractivity contribution in [1.29, 1.82) is 0 Å². The van der Waals surface area contributed by atoms with E-state index in [0.717, 1.165) is 37.7 Å². The molecule has 0 bridgehead atoms. The summed E-state index contributed by atoms with van der Waals surface area (Å²) in [5, 5.41) is 9.23. The number of carbonyl (C=O) groups excluding carboxylic acids is 2. The second kappa shape index (κ2) is 12.8. The van der Waals surface area contributed by atoms with E-state index in [1.165, 1.54) is 19.3 Å². The molecule has 3 atom stereocenters. The standard InChI is InChI=1S/C29H39FN4O4.ClH/c30-16-22(31)19-7-9-20(10-8-19)28(36)34-13-12-21(18-4-2-1-3-5-18)26(34)25(35)15-17-6-11-23-24(14-17)33-27(32-23)29(37)38;/h6,11,14,18-22,26H,1-5,7-10,12-13,15-16,31H2,(H,32,33)(H,37,38);1H/t19?,20?,21-,22+,26-;/m0./s1. The van der Waals surface area contributed by atoms with Crippen molar-refractivity contribution in [2.75, 3.05) is 13.2 Å². The summed E-state index contributed by atoms with van der Waals surface area (Å²) in [6, 6.07) is 4.46. The third-order valence-electron chi connectivity index (χ3n) is 9.34. The Morgan fingerprint density at radius 1 is 1.08 bits per heavy atom. The Labute approximate surface area is 234 Å². The first-order valence-corrected chi connectivity index (χ1v) is 14.2. The quantitative estimate of drug-likeness (QED) is 0.428. The van der Waals surface area contributed by atoms with Crippen LogP contribution in [0.25, 0.3) is 11.0 Å². The molecule has 0 unspecified atom stereocenters. The largest absolute Gasteiger partial charge is 0.475 e. The SMILES string of the molecule is Cl.N[C@H](CF)C1CCC(C(=O)N2CC[C@@H](C3CCCCC3)[C@H]2C(=O)Cc2ccc3nc(C(=O)O)[nH]c3c2)CC1. The fraction of sp³-hybridized carbons (Fsp3) is 0.655. The van der Waals surface area contributed by atoms with Crippen LogP contribution in [0.4, 0.5) is 4.39 Å². The number of nitrogens with zero attached hydrogens (tertiary/aromatic N) is 2. The average molecular weight is 563 g/mol. The van der Waals surface area contributed by atoms with Crippen LogP contribution in [0.2, 0.25) is 0 Å². The van der Waals surface area contributed by atoms with Gasteiger partial charge in [-0.25, -0.2) is 14.2 Å². The lowest BCUT2D eigenvalue weighted by Gasteiger charge is -2.37. The van der Waals surface area contributed by atoms with Gasteiger partial charge < -0.3 is 20.7 Å². The van der Waals surface area contributed by atoms with Crippen molar-refractivity contribution in [1.82, 2.24) is 14.9 Å². The van der Waals surface area contributed by atoms with Crippen LogP contribution in [0.5, 0.6) is 0 Å². The number of nitrogens with one attached hydrogen (secondary N) is 1. The number of carboxylic acids is 1. The number of carboxylic acid groups (broad SMARTS) is 1. The first-order chi connectivity index (χ1) is 18.4. The summed E-state index contributed by atoms with van der Waals surface area (Å²) in [6.07, 6.45) is 9.76. The zero-order valence-electron chi connectivity index (χ0n) is 22.3. The number of aromatic nitrogens is 2. The topological polar surface area (TPSA) is 129 Å². The first-order valence-electron chi connectivity index (χ1n) is 14.2. The molecular formula is C29H40ClFN4O4. The van der Waals surface area contributed by atoms with Crippen molar-refractivity contribution >= 4 is 41.1 Å². The number of imidazole rings is 1. The summed E-state index contributed by atoms with van der Waals surface area (Å²) in [4.78, 5) is 47.7. The maximum Gasteiger partial charge on any atom is 0.371 e. The number of nitrogens with two attached hydrogens (primary N) is 1. The number of hydrogen-bond donors (Lipinski definition) is 3. The van der Waals surface area contributed by atoms with Gasteiger partial charge in [0.25, 0.3) is 0 Å². The molecule has 0 radical (unpaired) electrons. The van der Waals surface area contributed by atoms with E-state index >= 15 is 0 Å². The number of rotatable bonds is 8. The minimum Gasteiger partial charge on any atom is -0.475 e. The number of benzene rings is 1. The van der Waals surface area contributed by atoms with Crippen LogP contribution in [0.1, 0.15) is 80.4 Å². The van der Waals surface area contributed by atoms with Crippen LogP contribution in [0, 0.1) is 23.7 Å². The van der Waals surface area contributed by atoms with E-state index in [1.54, 1.807) is 12.1 Å². The van der Waals surface area contributed by atoms with Gasteiger partial charge in [0.05, 0.1) is 17.1 Å². The zero-order chi connectivity index (χ0) is 26.8. The molecule has 10 heteroatoms. The smallest absolute Gasteiger partial charge is 0.371 e. The normalized spacial score (nSPS) is 26.8. The number of H-pyrrole nitrogens is 1. The van der Waals surface area contributed by atoms with Crippen LogP contribution in [0.3, 0.4) is 0 Å². The van der Waals surface area contributed by atoms with Crippen LogP contribution in [-0.4, -0.2) is 62.9 Å². The minimum absolute atomic E-state index is 0. The van der Waals surface area contributed by atoms with Crippen LogP contribution >= 0.6 is 12.4 Å². The molecule has 1 amide bonds. The molecule has 4 N–H and O–H groups in total. The van der Waals surface area contributed by atoms with Gasteiger partial charge in [-0.3, -0.25) is 9.59 Å². The van der Waals surface area contributed by atoms with Gasteiger partial charge in [0.15, 0.2) is 5.78 Å². The number of hydrogen-bond acceptors (Lipinski definition) is 5. The first kappa shape index (κ1) is 29.5. The highest BCUT2D eigenvalue weighted by Gasteiger charge is 2.46. The molecule has 8 nitrogen and oxygen atoms in total. The second-order valence-corrected chi connectivity index (χ2v) is 11.6. The van der Waals surface area contributed by atoms with Gasteiger partial charge >= 0.3 is 5.97 Å². The van der Waals surface area contributed by atoms with E-state index in [1.807, 2.05) is 11.0 Å². The van der Waals surface area contributed by atoms with Crippen molar-refractivity contribution in [3.8, 4) is 0 Å². The summed E-state index contributed by atoms with van der Waals surface area (Å²) >= 11 is 0. The highest BCUT2D eigenvalue weighted by Crippen LogP contribution is 2.41. The summed E-state index contributed by atoms with van der Waals surface area (Å²) in [6.45, 7) is 0.0822. The number of halogens is 2. The summed E-state index contributed by atoms with van der Waals surface area (Å²) < 4.78 is 13.1. The van der Waals surface area contributed by atoms with Crippen molar-refractivity contribution in [3.63, 3.8) is 0 Å². The van der Waals surface area contributed by atoms with Crippen molar-refractivity contribution in [2.45, 2.75) is 82.7 Å². The fourth-order valence-electron chi connectivity index (χ4n) is 7.26. The molecule has 1 aromatic carbocycles. The van der Waals surface area contributed by atoms with E-state index in [2.05, 4.69) is 9.97 Å². The van der Waals surface area contributed by atoms with Gasteiger partial charge in [-0.2, -0.15) is 0 Å². The van der Waals surface area contributed by atoms with Crippen molar-refractivity contribution in [3.05, 3.63) is 29.6 Å². The van der Waals surface area contributed by atoms with Gasteiger partial charge in [0.1, 0.15) is 6.67 Å². The highest BCUT2D eigenvalue weighted by atomic mass is 35.5. The Morgan fingerprint density at radius 3 is 2.46 bits per heavy atom. The number of ketones is 1. The number of aromatic carboxylic acids is 1. The Hall–Kier alpha value is -2.52. The van der Waals surface area contributed by atoms with E-state index in [0.29, 0.717) is 36.3 Å². The number of aromatic amines is 1. The summed E-state index contributed by atoms with van der Waals surface area (Å²) in [7, 11) is 0. The lowest BCUT2D eigenvalue weighted by atomic mass is 9.75. The predicted molar refractivity (Wildman–Crippen MR) is 149 cm³/mol. The highest BCUT2D eigenvalue weighted by molar-refractivity contribution is 5.93. The average Bonchev–Trinajstić information content (AvgIpc) is 3.58. The van der Waals surface area contributed by atoms with E-state index < -0.39 is 24.7 Å². The summed E-state index contributed by atoms with van der Waals surface area (Å²) in [5.74, 6) is -0.505. The summed E-state index contributed by atoms with van der Waals surface area (Å²) in [5.41, 5.74) is 7.83. The zero-order valence-corrected chi connectivity index (χ0v) is 23.1. The molecule has 2 heterocycles. The number of likely N-dealkylation sites (tertiary alicyclic amines) is 1. The van der Waals surface area contributed by atoms with Gasteiger partial charge in [-0.15, -0.1) is 12.4 Å². The van der Waals surface area contributed by atoms with Crippen molar-refractivity contribution < 1.29 is 23.9 Å². The van der Waals surface area contributed by atoms with Gasteiger partial charge in [0.2, 0.25) is 11.7 Å². The third kappa shape index (κ3) is 6.30. The molecule has 2 aliphatic carbocycles. The molecule has 214 valence electrons. The molecule has 39 heavy (non-hydrogen) atoms.